The summed E-state index contributed by atoms with van der Waals surface area (Å²) >= 11 is 4.18. The molecule has 1 aromatic heterocycles. The summed E-state index contributed by atoms with van der Waals surface area (Å²) in [6.07, 6.45) is 0. The molecule has 1 atom stereocenters. The summed E-state index contributed by atoms with van der Waals surface area (Å²) in [5, 5.41) is 11.1. The van der Waals surface area contributed by atoms with Crippen LogP contribution in [0.15, 0.2) is 0 Å². The van der Waals surface area contributed by atoms with Crippen LogP contribution in [0.3, 0.4) is 0 Å². The van der Waals surface area contributed by atoms with E-state index in [0.29, 0.717) is 5.82 Å². The van der Waals surface area contributed by atoms with E-state index in [0.717, 1.165) is 13.1 Å². The van der Waals surface area contributed by atoms with Crippen molar-refractivity contribution in [3.05, 3.63) is 12.7 Å². The zero-order chi connectivity index (χ0) is 9.84. The molecule has 1 rings (SSSR count). The molecule has 0 spiro atoms. The standard InChI is InChI=1S/C7H14N5S/c1-6(13)7-8-9-10-12(7)5-4-11(2)3/h6,13H,1,4-5H2,2-3H3. The molecule has 0 amide bonds. The highest BCUT2D eigenvalue weighted by atomic mass is 32.1. The lowest BCUT2D eigenvalue weighted by molar-refractivity contribution is 0.367. The molecule has 1 unspecified atom stereocenters. The van der Waals surface area contributed by atoms with Gasteiger partial charge in [0.05, 0.1) is 11.8 Å². The minimum atomic E-state index is -0.169. The van der Waals surface area contributed by atoms with Crippen LogP contribution in [0.25, 0.3) is 0 Å². The fourth-order valence-corrected chi connectivity index (χ4v) is 1.09. The third-order valence-electron chi connectivity index (χ3n) is 1.62. The smallest absolute Gasteiger partial charge is 0.163 e. The van der Waals surface area contributed by atoms with Crippen molar-refractivity contribution in [1.82, 2.24) is 25.1 Å². The Morgan fingerprint density at radius 3 is 2.85 bits per heavy atom. The topological polar surface area (TPSA) is 46.8 Å². The van der Waals surface area contributed by atoms with Crippen molar-refractivity contribution in [3.8, 4) is 0 Å². The monoisotopic (exact) mass is 200 g/mol. The molecule has 5 nitrogen and oxygen atoms in total. The predicted molar refractivity (Wildman–Crippen MR) is 53.5 cm³/mol. The zero-order valence-electron chi connectivity index (χ0n) is 7.88. The molecule has 0 aliphatic rings. The third-order valence-corrected chi connectivity index (χ3v) is 1.85. The summed E-state index contributed by atoms with van der Waals surface area (Å²) < 4.78 is 1.73. The highest BCUT2D eigenvalue weighted by Crippen LogP contribution is 2.13. The molecule has 0 saturated carbocycles. The summed E-state index contributed by atoms with van der Waals surface area (Å²) in [6.45, 7) is 5.42. The van der Waals surface area contributed by atoms with Crippen molar-refractivity contribution in [3.63, 3.8) is 0 Å². The molecule has 0 aliphatic heterocycles. The number of rotatable bonds is 4. The SMILES string of the molecule is [CH2]C(S)c1nnnn1CCN(C)C. The van der Waals surface area contributed by atoms with Gasteiger partial charge in [0, 0.05) is 6.54 Å². The second kappa shape index (κ2) is 4.57. The minimum absolute atomic E-state index is 0.169. The van der Waals surface area contributed by atoms with Crippen molar-refractivity contribution < 1.29 is 0 Å². The van der Waals surface area contributed by atoms with E-state index >= 15 is 0 Å². The summed E-state index contributed by atoms with van der Waals surface area (Å²) in [4.78, 5) is 2.07. The van der Waals surface area contributed by atoms with Gasteiger partial charge in [-0.25, -0.2) is 4.68 Å². The molecule has 1 radical (unpaired) electrons. The van der Waals surface area contributed by atoms with Gasteiger partial charge in [-0.3, -0.25) is 0 Å². The van der Waals surface area contributed by atoms with Crippen LogP contribution in [0.5, 0.6) is 0 Å². The first-order chi connectivity index (χ1) is 6.11. The third kappa shape index (κ3) is 2.96. The number of aromatic nitrogens is 4. The summed E-state index contributed by atoms with van der Waals surface area (Å²) in [5.74, 6) is 0.713. The van der Waals surface area contributed by atoms with Crippen molar-refractivity contribution >= 4 is 12.6 Å². The number of tetrazole rings is 1. The van der Waals surface area contributed by atoms with E-state index in [1.807, 2.05) is 14.1 Å². The Morgan fingerprint density at radius 2 is 2.31 bits per heavy atom. The van der Waals surface area contributed by atoms with Gasteiger partial charge in [0.1, 0.15) is 0 Å². The largest absolute Gasteiger partial charge is 0.308 e. The first-order valence-electron chi connectivity index (χ1n) is 4.03. The van der Waals surface area contributed by atoms with Gasteiger partial charge >= 0.3 is 0 Å². The van der Waals surface area contributed by atoms with Crippen LogP contribution in [-0.4, -0.2) is 45.7 Å². The van der Waals surface area contributed by atoms with Crippen molar-refractivity contribution in [2.45, 2.75) is 11.8 Å². The maximum absolute atomic E-state index is 4.18. The molecule has 6 heteroatoms. The van der Waals surface area contributed by atoms with Crippen molar-refractivity contribution in [2.24, 2.45) is 0 Å². The van der Waals surface area contributed by atoms with E-state index in [-0.39, 0.29) is 5.25 Å². The van der Waals surface area contributed by atoms with Gasteiger partial charge in [-0.05, 0) is 31.4 Å². The fraction of sp³-hybridized carbons (Fsp3) is 0.714. The Balaban J connectivity index is 2.60. The van der Waals surface area contributed by atoms with E-state index < -0.39 is 0 Å². The maximum Gasteiger partial charge on any atom is 0.163 e. The van der Waals surface area contributed by atoms with Gasteiger partial charge in [0.2, 0.25) is 0 Å². The number of nitrogens with zero attached hydrogens (tertiary/aromatic N) is 5. The average molecular weight is 200 g/mol. The van der Waals surface area contributed by atoms with E-state index in [1.54, 1.807) is 4.68 Å². The van der Waals surface area contributed by atoms with E-state index in [4.69, 9.17) is 0 Å². The molecular weight excluding hydrogens is 186 g/mol. The van der Waals surface area contributed by atoms with Gasteiger partial charge in [-0.2, -0.15) is 12.6 Å². The van der Waals surface area contributed by atoms with Crippen LogP contribution in [0, 0.1) is 6.92 Å². The Bertz CT molecular complexity index is 257. The number of hydrogen-bond acceptors (Lipinski definition) is 5. The Labute approximate surface area is 83.5 Å². The molecular formula is C7H14N5S. The van der Waals surface area contributed by atoms with E-state index in [9.17, 15) is 0 Å². The van der Waals surface area contributed by atoms with Crippen LogP contribution in [0.4, 0.5) is 0 Å². The highest BCUT2D eigenvalue weighted by Gasteiger charge is 2.10. The molecule has 13 heavy (non-hydrogen) atoms. The first-order valence-corrected chi connectivity index (χ1v) is 4.55. The lowest BCUT2D eigenvalue weighted by Gasteiger charge is -2.10. The van der Waals surface area contributed by atoms with Crippen LogP contribution >= 0.6 is 12.6 Å². The summed E-state index contributed by atoms with van der Waals surface area (Å²) in [5.41, 5.74) is 0. The van der Waals surface area contributed by atoms with Crippen LogP contribution in [0.2, 0.25) is 0 Å². The molecule has 0 fully saturated rings. The van der Waals surface area contributed by atoms with E-state index in [1.165, 1.54) is 0 Å². The quantitative estimate of drug-likeness (QED) is 0.697. The second-order valence-electron chi connectivity index (χ2n) is 3.08. The maximum atomic E-state index is 4.18. The molecule has 0 aromatic carbocycles. The summed E-state index contributed by atoms with van der Waals surface area (Å²) in [7, 11) is 4.01. The van der Waals surface area contributed by atoms with Gasteiger partial charge in [-0.1, -0.05) is 0 Å². The number of hydrogen-bond donors (Lipinski definition) is 1. The lowest BCUT2D eigenvalue weighted by Crippen LogP contribution is -2.20. The summed E-state index contributed by atoms with van der Waals surface area (Å²) in [6, 6.07) is 0. The molecule has 1 heterocycles. The molecule has 0 N–H and O–H groups in total. The van der Waals surface area contributed by atoms with Crippen molar-refractivity contribution in [1.29, 1.82) is 0 Å². The predicted octanol–water partition coefficient (Wildman–Crippen LogP) is 0.0397. The van der Waals surface area contributed by atoms with Gasteiger partial charge < -0.3 is 4.90 Å². The Morgan fingerprint density at radius 1 is 1.62 bits per heavy atom. The zero-order valence-corrected chi connectivity index (χ0v) is 8.78. The molecule has 0 aliphatic carbocycles. The molecule has 73 valence electrons. The van der Waals surface area contributed by atoms with Crippen LogP contribution in [0.1, 0.15) is 11.1 Å². The fourth-order valence-electron chi connectivity index (χ4n) is 0.904. The normalized spacial score (nSPS) is 13.6. The van der Waals surface area contributed by atoms with Gasteiger partial charge in [0.25, 0.3) is 0 Å². The number of likely N-dealkylation sites (N-methyl/N-ethyl adjacent to an activating group) is 1. The first kappa shape index (κ1) is 10.5. The lowest BCUT2D eigenvalue weighted by atomic mass is 10.4. The molecule has 1 aromatic rings. The molecule has 0 saturated heterocycles. The Hall–Kier alpha value is -0.620. The van der Waals surface area contributed by atoms with Crippen LogP contribution < -0.4 is 0 Å². The van der Waals surface area contributed by atoms with Crippen LogP contribution in [-0.2, 0) is 6.54 Å². The average Bonchev–Trinajstić information content (AvgIpc) is 2.47. The molecule has 0 bridgehead atoms. The number of thiol groups is 1. The van der Waals surface area contributed by atoms with Gasteiger partial charge in [-0.15, -0.1) is 5.10 Å². The van der Waals surface area contributed by atoms with Gasteiger partial charge in [0.15, 0.2) is 5.82 Å². The van der Waals surface area contributed by atoms with E-state index in [2.05, 4.69) is 40.0 Å². The Kier molecular flexibility index (Phi) is 3.68. The highest BCUT2D eigenvalue weighted by molar-refractivity contribution is 7.80. The van der Waals surface area contributed by atoms with Crippen molar-refractivity contribution in [2.75, 3.05) is 20.6 Å². The second-order valence-corrected chi connectivity index (χ2v) is 3.70. The minimum Gasteiger partial charge on any atom is -0.308 e.